The normalized spacial score (nSPS) is 18.5. The second kappa shape index (κ2) is 5.63. The molecule has 1 N–H and O–H groups in total. The van der Waals surface area contributed by atoms with Crippen molar-refractivity contribution >= 4 is 28.4 Å². The maximum Gasteiger partial charge on any atom is 0.133 e. The number of fused-ring (bicyclic) bond motifs is 1. The van der Waals surface area contributed by atoms with Gasteiger partial charge in [-0.25, -0.2) is 4.68 Å². The Morgan fingerprint density at radius 3 is 2.62 bits per heavy atom. The Balaban J connectivity index is 1.76. The fourth-order valence-corrected chi connectivity index (χ4v) is 4.03. The average Bonchev–Trinajstić information content (AvgIpc) is 3.11. The zero-order valence-electron chi connectivity index (χ0n) is 12.1. The van der Waals surface area contributed by atoms with Crippen LogP contribution in [0.1, 0.15) is 49.3 Å². The van der Waals surface area contributed by atoms with Gasteiger partial charge in [0.2, 0.25) is 0 Å². The van der Waals surface area contributed by atoms with Gasteiger partial charge in [-0.05, 0) is 66.1 Å². The predicted octanol–water partition coefficient (Wildman–Crippen LogP) is 4.49. The lowest BCUT2D eigenvalue weighted by atomic mass is 9.85. The van der Waals surface area contributed by atoms with Crippen LogP contribution in [0.3, 0.4) is 0 Å². The van der Waals surface area contributed by atoms with Crippen molar-refractivity contribution < 1.29 is 0 Å². The summed E-state index contributed by atoms with van der Waals surface area (Å²) in [4.78, 5) is 0. The summed E-state index contributed by atoms with van der Waals surface area (Å²) in [7, 11) is 0. The van der Waals surface area contributed by atoms with E-state index in [9.17, 15) is 0 Å². The standard InChI is InChI=1S/C17H20IN3/c18-13-6-8-14(9-7-13)21-17-15(10-11-19-17)16(20-21)12-4-2-1-3-5-12/h6-9,12,19H,1-5,10-11H2. The third-order valence-electron chi connectivity index (χ3n) is 4.75. The molecule has 0 bridgehead atoms. The average molecular weight is 393 g/mol. The molecule has 0 radical (unpaired) electrons. The highest BCUT2D eigenvalue weighted by molar-refractivity contribution is 14.1. The Kier molecular flexibility index (Phi) is 3.65. The summed E-state index contributed by atoms with van der Waals surface area (Å²) in [6, 6.07) is 8.64. The highest BCUT2D eigenvalue weighted by Gasteiger charge is 2.28. The van der Waals surface area contributed by atoms with E-state index in [-0.39, 0.29) is 0 Å². The molecular weight excluding hydrogens is 373 g/mol. The molecule has 4 rings (SSSR count). The predicted molar refractivity (Wildman–Crippen MR) is 94.3 cm³/mol. The summed E-state index contributed by atoms with van der Waals surface area (Å²) in [6.45, 7) is 1.05. The fourth-order valence-electron chi connectivity index (χ4n) is 3.67. The lowest BCUT2D eigenvalue weighted by Crippen LogP contribution is -2.09. The van der Waals surface area contributed by atoms with Gasteiger partial charge in [0.1, 0.15) is 5.82 Å². The molecule has 3 nitrogen and oxygen atoms in total. The Morgan fingerprint density at radius 2 is 1.86 bits per heavy atom. The summed E-state index contributed by atoms with van der Waals surface area (Å²) in [5.74, 6) is 1.91. The fraction of sp³-hybridized carbons (Fsp3) is 0.471. The summed E-state index contributed by atoms with van der Waals surface area (Å²) >= 11 is 2.35. The number of anilines is 1. The van der Waals surface area contributed by atoms with Gasteiger partial charge in [-0.1, -0.05) is 19.3 Å². The first kappa shape index (κ1) is 13.6. The Morgan fingerprint density at radius 1 is 1.10 bits per heavy atom. The third kappa shape index (κ3) is 2.47. The number of hydrogen-bond donors (Lipinski definition) is 1. The summed E-state index contributed by atoms with van der Waals surface area (Å²) in [5.41, 5.74) is 4.01. The summed E-state index contributed by atoms with van der Waals surface area (Å²) in [5, 5.41) is 8.55. The molecule has 4 heteroatoms. The molecule has 2 aliphatic rings. The van der Waals surface area contributed by atoms with Gasteiger partial charge in [0.05, 0.1) is 11.4 Å². The minimum atomic E-state index is 0.678. The van der Waals surface area contributed by atoms with Crippen molar-refractivity contribution in [1.29, 1.82) is 0 Å². The molecule has 1 aliphatic carbocycles. The van der Waals surface area contributed by atoms with Crippen molar-refractivity contribution in [3.8, 4) is 5.69 Å². The quantitative estimate of drug-likeness (QED) is 0.762. The molecule has 0 saturated heterocycles. The summed E-state index contributed by atoms with van der Waals surface area (Å²) in [6.07, 6.45) is 7.89. The van der Waals surface area contributed by atoms with Crippen LogP contribution in [0.4, 0.5) is 5.82 Å². The van der Waals surface area contributed by atoms with Crippen LogP contribution in [-0.2, 0) is 6.42 Å². The molecule has 0 atom stereocenters. The number of nitrogens with one attached hydrogen (secondary N) is 1. The van der Waals surface area contributed by atoms with E-state index in [0.29, 0.717) is 5.92 Å². The zero-order chi connectivity index (χ0) is 14.2. The first-order valence-corrected chi connectivity index (χ1v) is 9.02. The van der Waals surface area contributed by atoms with Crippen molar-refractivity contribution in [1.82, 2.24) is 9.78 Å². The Bertz CT molecular complexity index is 639. The number of nitrogens with zero attached hydrogens (tertiary/aromatic N) is 2. The third-order valence-corrected chi connectivity index (χ3v) is 5.46. The highest BCUT2D eigenvalue weighted by atomic mass is 127. The van der Waals surface area contributed by atoms with Crippen LogP contribution < -0.4 is 5.32 Å². The molecular formula is C17H20IN3. The minimum Gasteiger partial charge on any atom is -0.369 e. The SMILES string of the molecule is Ic1ccc(-n2nc(C3CCCCC3)c3c2NCC3)cc1. The van der Waals surface area contributed by atoms with Gasteiger partial charge in [-0.15, -0.1) is 0 Å². The molecule has 2 aromatic rings. The number of aromatic nitrogens is 2. The minimum absolute atomic E-state index is 0.678. The number of halogens is 1. The molecule has 2 heterocycles. The van der Waals surface area contributed by atoms with Crippen LogP contribution in [0.25, 0.3) is 5.69 Å². The van der Waals surface area contributed by atoms with E-state index in [1.807, 2.05) is 0 Å². The van der Waals surface area contributed by atoms with Crippen LogP contribution in [0, 0.1) is 3.57 Å². The second-order valence-corrected chi connectivity index (χ2v) is 7.36. The van der Waals surface area contributed by atoms with Crippen molar-refractivity contribution in [2.75, 3.05) is 11.9 Å². The maximum atomic E-state index is 5.01. The van der Waals surface area contributed by atoms with Gasteiger partial charge in [0.15, 0.2) is 0 Å². The monoisotopic (exact) mass is 393 g/mol. The lowest BCUT2D eigenvalue weighted by Gasteiger charge is -2.20. The van der Waals surface area contributed by atoms with Gasteiger partial charge in [-0.2, -0.15) is 5.10 Å². The topological polar surface area (TPSA) is 29.9 Å². The zero-order valence-corrected chi connectivity index (χ0v) is 14.3. The van der Waals surface area contributed by atoms with E-state index >= 15 is 0 Å². The van der Waals surface area contributed by atoms with E-state index in [1.165, 1.54) is 58.4 Å². The van der Waals surface area contributed by atoms with Gasteiger partial charge < -0.3 is 5.32 Å². The van der Waals surface area contributed by atoms with Crippen LogP contribution in [0.5, 0.6) is 0 Å². The molecule has 110 valence electrons. The van der Waals surface area contributed by atoms with Crippen molar-refractivity contribution in [2.24, 2.45) is 0 Å². The first-order chi connectivity index (χ1) is 10.3. The van der Waals surface area contributed by atoms with E-state index in [4.69, 9.17) is 5.10 Å². The van der Waals surface area contributed by atoms with Gasteiger partial charge >= 0.3 is 0 Å². The number of benzene rings is 1. The van der Waals surface area contributed by atoms with Crippen LogP contribution in [-0.4, -0.2) is 16.3 Å². The Labute approximate surface area is 139 Å². The molecule has 1 fully saturated rings. The summed E-state index contributed by atoms with van der Waals surface area (Å²) < 4.78 is 3.39. The van der Waals surface area contributed by atoms with E-state index < -0.39 is 0 Å². The van der Waals surface area contributed by atoms with Crippen molar-refractivity contribution in [3.05, 3.63) is 39.1 Å². The second-order valence-electron chi connectivity index (χ2n) is 6.11. The van der Waals surface area contributed by atoms with Gasteiger partial charge in [-0.3, -0.25) is 0 Å². The van der Waals surface area contributed by atoms with Crippen molar-refractivity contribution in [3.63, 3.8) is 0 Å². The molecule has 1 aromatic carbocycles. The molecule has 1 aliphatic heterocycles. The van der Waals surface area contributed by atoms with Crippen molar-refractivity contribution in [2.45, 2.75) is 44.4 Å². The van der Waals surface area contributed by atoms with Crippen LogP contribution in [0.2, 0.25) is 0 Å². The molecule has 0 spiro atoms. The molecule has 0 unspecified atom stereocenters. The van der Waals surface area contributed by atoms with Gasteiger partial charge in [0.25, 0.3) is 0 Å². The Hall–Kier alpha value is -1.04. The highest BCUT2D eigenvalue weighted by Crippen LogP contribution is 2.38. The van der Waals surface area contributed by atoms with Crippen LogP contribution >= 0.6 is 22.6 Å². The molecule has 1 aromatic heterocycles. The number of rotatable bonds is 2. The largest absolute Gasteiger partial charge is 0.369 e. The van der Waals surface area contributed by atoms with E-state index in [1.54, 1.807) is 0 Å². The first-order valence-electron chi connectivity index (χ1n) is 7.94. The maximum absolute atomic E-state index is 5.01. The van der Waals surface area contributed by atoms with Gasteiger partial charge in [0, 0.05) is 21.6 Å². The van der Waals surface area contributed by atoms with E-state index in [2.05, 4.69) is 56.9 Å². The number of hydrogen-bond acceptors (Lipinski definition) is 2. The molecule has 21 heavy (non-hydrogen) atoms. The van der Waals surface area contributed by atoms with Crippen LogP contribution in [0.15, 0.2) is 24.3 Å². The smallest absolute Gasteiger partial charge is 0.133 e. The lowest BCUT2D eigenvalue weighted by molar-refractivity contribution is 0.433. The molecule has 1 saturated carbocycles. The van der Waals surface area contributed by atoms with E-state index in [0.717, 1.165) is 13.0 Å². The molecule has 0 amide bonds.